The van der Waals surface area contributed by atoms with Gasteiger partial charge < -0.3 is 5.11 Å². The van der Waals surface area contributed by atoms with Gasteiger partial charge in [-0.05, 0) is 43.4 Å². The third-order valence-corrected chi connectivity index (χ3v) is 3.14. The lowest BCUT2D eigenvalue weighted by Crippen LogP contribution is -2.12. The summed E-state index contributed by atoms with van der Waals surface area (Å²) in [6.45, 7) is 11.0. The molecule has 0 unspecified atom stereocenters. The Morgan fingerprint density at radius 2 is 1.92 bits per heavy atom. The predicted octanol–water partition coefficient (Wildman–Crippen LogP) is 3.00. The van der Waals surface area contributed by atoms with E-state index in [0.29, 0.717) is 23.9 Å². The topological polar surface area (TPSA) is 20.2 Å². The molecule has 0 bridgehead atoms. The second kappa shape index (κ2) is 3.83. The van der Waals surface area contributed by atoms with Crippen LogP contribution in [0.15, 0.2) is 12.2 Å². The summed E-state index contributed by atoms with van der Waals surface area (Å²) in [5.41, 5.74) is 1.68. The summed E-state index contributed by atoms with van der Waals surface area (Å²) in [4.78, 5) is 0. The molecule has 0 aromatic heterocycles. The van der Waals surface area contributed by atoms with Gasteiger partial charge >= 0.3 is 0 Å². The molecule has 1 rings (SSSR count). The van der Waals surface area contributed by atoms with Crippen molar-refractivity contribution < 1.29 is 5.11 Å². The summed E-state index contributed by atoms with van der Waals surface area (Å²) in [5.74, 6) is 1.17. The van der Waals surface area contributed by atoms with Crippen molar-refractivity contribution >= 4 is 0 Å². The second-order valence-corrected chi connectivity index (χ2v) is 5.44. The zero-order valence-electron chi connectivity index (χ0n) is 9.14. The Morgan fingerprint density at radius 3 is 2.38 bits per heavy atom. The molecule has 13 heavy (non-hydrogen) atoms. The first-order valence-electron chi connectivity index (χ1n) is 5.20. The van der Waals surface area contributed by atoms with Crippen molar-refractivity contribution in [2.75, 3.05) is 6.61 Å². The van der Waals surface area contributed by atoms with Crippen LogP contribution in [0.3, 0.4) is 0 Å². The smallest absolute Gasteiger partial charge is 0.0462 e. The van der Waals surface area contributed by atoms with Gasteiger partial charge in [-0.2, -0.15) is 0 Å². The molecule has 1 aliphatic carbocycles. The molecule has 1 saturated carbocycles. The van der Waals surface area contributed by atoms with Gasteiger partial charge in [-0.25, -0.2) is 0 Å². The number of allylic oxidation sites excluding steroid dienone is 1. The van der Waals surface area contributed by atoms with Crippen molar-refractivity contribution in [1.82, 2.24) is 0 Å². The van der Waals surface area contributed by atoms with E-state index < -0.39 is 0 Å². The van der Waals surface area contributed by atoms with E-state index in [2.05, 4.69) is 27.4 Å². The van der Waals surface area contributed by atoms with Gasteiger partial charge in [-0.1, -0.05) is 19.4 Å². The maximum atomic E-state index is 9.25. The van der Waals surface area contributed by atoms with Crippen molar-refractivity contribution in [3.63, 3.8) is 0 Å². The third-order valence-electron chi connectivity index (χ3n) is 3.14. The first-order valence-corrected chi connectivity index (χ1v) is 5.20. The highest BCUT2D eigenvalue weighted by molar-refractivity contribution is 4.97. The highest BCUT2D eigenvalue weighted by Gasteiger charge is 2.38. The number of hydrogen-bond donors (Lipinski definition) is 1. The zero-order chi connectivity index (χ0) is 10.1. The van der Waals surface area contributed by atoms with E-state index in [1.165, 1.54) is 18.4 Å². The fraction of sp³-hybridized carbons (Fsp3) is 0.833. The van der Waals surface area contributed by atoms with Gasteiger partial charge in [-0.15, -0.1) is 6.58 Å². The van der Waals surface area contributed by atoms with Gasteiger partial charge in [-0.3, -0.25) is 0 Å². The van der Waals surface area contributed by atoms with Crippen molar-refractivity contribution in [2.45, 2.75) is 40.0 Å². The maximum Gasteiger partial charge on any atom is 0.0462 e. The Hall–Kier alpha value is -0.300. The zero-order valence-corrected chi connectivity index (χ0v) is 9.14. The van der Waals surface area contributed by atoms with E-state index in [4.69, 9.17) is 0 Å². The molecule has 2 atom stereocenters. The molecular weight excluding hydrogens is 160 g/mol. The van der Waals surface area contributed by atoms with E-state index in [0.717, 1.165) is 6.42 Å². The summed E-state index contributed by atoms with van der Waals surface area (Å²) >= 11 is 0. The van der Waals surface area contributed by atoms with Crippen molar-refractivity contribution in [2.24, 2.45) is 17.3 Å². The number of aliphatic hydroxyl groups excluding tert-OH is 1. The molecule has 0 saturated heterocycles. The molecule has 1 heteroatoms. The number of rotatable bonds is 3. The highest BCUT2D eigenvalue weighted by atomic mass is 16.3. The van der Waals surface area contributed by atoms with Gasteiger partial charge in [0.2, 0.25) is 0 Å². The summed E-state index contributed by atoms with van der Waals surface area (Å²) in [6.07, 6.45) is 3.50. The largest absolute Gasteiger partial charge is 0.396 e. The number of hydrogen-bond acceptors (Lipinski definition) is 1. The maximum absolute atomic E-state index is 9.25. The average Bonchev–Trinajstić information content (AvgIpc) is 2.24. The first kappa shape index (κ1) is 10.8. The number of aliphatic hydroxyl groups is 1. The van der Waals surface area contributed by atoms with Gasteiger partial charge in [0, 0.05) is 6.61 Å². The van der Waals surface area contributed by atoms with Crippen molar-refractivity contribution in [3.05, 3.63) is 12.2 Å². The van der Waals surface area contributed by atoms with Crippen molar-refractivity contribution in [1.29, 1.82) is 0 Å². The molecule has 0 amide bonds. The van der Waals surface area contributed by atoms with Crippen LogP contribution in [-0.4, -0.2) is 11.7 Å². The summed E-state index contributed by atoms with van der Waals surface area (Å²) < 4.78 is 0. The van der Waals surface area contributed by atoms with Crippen LogP contribution in [0.5, 0.6) is 0 Å². The van der Waals surface area contributed by atoms with Crippen LogP contribution in [0.2, 0.25) is 0 Å². The van der Waals surface area contributed by atoms with Gasteiger partial charge in [0.05, 0.1) is 0 Å². The molecule has 76 valence electrons. The van der Waals surface area contributed by atoms with Gasteiger partial charge in [0.25, 0.3) is 0 Å². The Labute approximate surface area is 81.9 Å². The molecule has 0 aromatic carbocycles. The highest BCUT2D eigenvalue weighted by Crippen LogP contribution is 2.46. The van der Waals surface area contributed by atoms with E-state index in [1.54, 1.807) is 0 Å². The third kappa shape index (κ3) is 2.84. The average molecular weight is 182 g/mol. The molecule has 0 aliphatic heterocycles. The molecule has 1 nitrogen and oxygen atoms in total. The molecule has 1 aliphatic rings. The minimum Gasteiger partial charge on any atom is -0.396 e. The van der Waals surface area contributed by atoms with E-state index in [9.17, 15) is 5.11 Å². The van der Waals surface area contributed by atoms with E-state index in [1.807, 2.05) is 0 Å². The van der Waals surface area contributed by atoms with Crippen LogP contribution >= 0.6 is 0 Å². The lowest BCUT2D eigenvalue weighted by molar-refractivity contribution is 0.190. The normalized spacial score (nSPS) is 32.0. The summed E-state index contributed by atoms with van der Waals surface area (Å²) in [6, 6.07) is 0. The fourth-order valence-corrected chi connectivity index (χ4v) is 2.74. The van der Waals surface area contributed by atoms with Crippen LogP contribution in [0, 0.1) is 17.3 Å². The fourth-order valence-electron chi connectivity index (χ4n) is 2.74. The lowest BCUT2D eigenvalue weighted by Gasteiger charge is -2.17. The molecule has 0 spiro atoms. The van der Waals surface area contributed by atoms with E-state index >= 15 is 0 Å². The van der Waals surface area contributed by atoms with Crippen LogP contribution in [0.25, 0.3) is 0 Å². The Balaban J connectivity index is 2.58. The Kier molecular flexibility index (Phi) is 3.18. The second-order valence-electron chi connectivity index (χ2n) is 5.44. The molecule has 1 fully saturated rings. The monoisotopic (exact) mass is 182 g/mol. The predicted molar refractivity (Wildman–Crippen MR) is 56.5 cm³/mol. The SMILES string of the molecule is C=C(C)C[C@H]1CC(C)(C)C[C@@H]1CO. The first-order chi connectivity index (χ1) is 5.94. The molecule has 0 heterocycles. The minimum absolute atomic E-state index is 0.349. The Bertz CT molecular complexity index is 193. The molecule has 1 N–H and O–H groups in total. The summed E-state index contributed by atoms with van der Waals surface area (Å²) in [7, 11) is 0. The quantitative estimate of drug-likeness (QED) is 0.665. The molecule has 0 aromatic rings. The van der Waals surface area contributed by atoms with E-state index in [-0.39, 0.29) is 0 Å². The van der Waals surface area contributed by atoms with Gasteiger partial charge in [0.1, 0.15) is 0 Å². The van der Waals surface area contributed by atoms with Crippen LogP contribution in [0.1, 0.15) is 40.0 Å². The van der Waals surface area contributed by atoms with Crippen molar-refractivity contribution in [3.8, 4) is 0 Å². The van der Waals surface area contributed by atoms with Crippen LogP contribution in [-0.2, 0) is 0 Å². The standard InChI is InChI=1S/C12H22O/c1-9(2)5-10-6-12(3,4)7-11(10)8-13/h10-11,13H,1,5-8H2,2-4H3/t10-,11+/m0/s1. The minimum atomic E-state index is 0.349. The Morgan fingerprint density at radius 1 is 1.38 bits per heavy atom. The lowest BCUT2D eigenvalue weighted by atomic mass is 9.89. The van der Waals surface area contributed by atoms with Gasteiger partial charge in [0.15, 0.2) is 0 Å². The molecule has 0 radical (unpaired) electrons. The molecular formula is C12H22O. The summed E-state index contributed by atoms with van der Waals surface area (Å²) in [5, 5.41) is 9.25. The van der Waals surface area contributed by atoms with Crippen LogP contribution < -0.4 is 0 Å². The van der Waals surface area contributed by atoms with Crippen LogP contribution in [0.4, 0.5) is 0 Å².